The third-order valence-electron chi connectivity index (χ3n) is 3.24. The highest BCUT2D eigenvalue weighted by Gasteiger charge is 2.12. The van der Waals surface area contributed by atoms with Gasteiger partial charge in [0.1, 0.15) is 6.54 Å². The average Bonchev–Trinajstić information content (AvgIpc) is 3.30. The number of esters is 1. The van der Waals surface area contributed by atoms with E-state index in [0.717, 1.165) is 11.1 Å². The topological polar surface area (TPSA) is 94.3 Å². The number of nitrogens with zero attached hydrogens (tertiary/aromatic N) is 2. The molecule has 1 amide bonds. The number of rotatable bonds is 7. The van der Waals surface area contributed by atoms with E-state index in [1.807, 2.05) is 47.2 Å². The molecular weight excluding hydrogens is 342 g/mol. The first-order chi connectivity index (χ1) is 12.2. The summed E-state index contributed by atoms with van der Waals surface area (Å²) in [5, 5.41) is 10.1. The fraction of sp³-hybridized carbons (Fsp3) is 0.176. The van der Waals surface area contributed by atoms with Gasteiger partial charge in [-0.05, 0) is 17.0 Å². The summed E-state index contributed by atoms with van der Waals surface area (Å²) < 4.78 is 10.0. The van der Waals surface area contributed by atoms with Crippen LogP contribution in [0.25, 0.3) is 11.4 Å². The third kappa shape index (κ3) is 4.98. The number of carbonyl (C=O) groups is 2. The van der Waals surface area contributed by atoms with Gasteiger partial charge in [-0.25, -0.2) is 0 Å². The Bertz CT molecular complexity index is 831. The summed E-state index contributed by atoms with van der Waals surface area (Å²) in [6.07, 6.45) is 0.210. The van der Waals surface area contributed by atoms with E-state index in [0.29, 0.717) is 5.82 Å². The second-order valence-electron chi connectivity index (χ2n) is 5.12. The minimum atomic E-state index is -0.573. The Morgan fingerprint density at radius 1 is 1.20 bits per heavy atom. The molecule has 25 heavy (non-hydrogen) atoms. The smallest absolute Gasteiger partial charge is 0.325 e. The summed E-state index contributed by atoms with van der Waals surface area (Å²) in [6, 6.07) is 11.1. The van der Waals surface area contributed by atoms with Crippen molar-refractivity contribution >= 4 is 23.2 Å². The number of hydrogen-bond donors (Lipinski definition) is 1. The van der Waals surface area contributed by atoms with Gasteiger partial charge in [0.25, 0.3) is 5.89 Å². The van der Waals surface area contributed by atoms with E-state index in [4.69, 9.17) is 9.26 Å². The molecule has 128 valence electrons. The van der Waals surface area contributed by atoms with E-state index in [2.05, 4.69) is 15.5 Å². The van der Waals surface area contributed by atoms with Gasteiger partial charge in [0.15, 0.2) is 6.61 Å². The molecule has 0 saturated carbocycles. The Labute approximate surface area is 147 Å². The Morgan fingerprint density at radius 3 is 2.80 bits per heavy atom. The van der Waals surface area contributed by atoms with E-state index >= 15 is 0 Å². The number of ether oxygens (including phenoxy) is 1. The monoisotopic (exact) mass is 357 g/mol. The van der Waals surface area contributed by atoms with Crippen LogP contribution < -0.4 is 5.32 Å². The molecule has 0 bridgehead atoms. The Balaban J connectivity index is 1.40. The van der Waals surface area contributed by atoms with Gasteiger partial charge in [-0.1, -0.05) is 35.5 Å². The molecule has 8 heteroatoms. The van der Waals surface area contributed by atoms with Crippen molar-refractivity contribution in [1.82, 2.24) is 15.5 Å². The van der Waals surface area contributed by atoms with E-state index in [1.54, 1.807) is 0 Å². The minimum Gasteiger partial charge on any atom is -0.454 e. The third-order valence-corrected chi connectivity index (χ3v) is 3.92. The van der Waals surface area contributed by atoms with Crippen molar-refractivity contribution in [3.8, 4) is 11.4 Å². The molecular formula is C17H15N3O4S. The maximum Gasteiger partial charge on any atom is 0.325 e. The zero-order valence-electron chi connectivity index (χ0n) is 13.2. The molecule has 3 aromatic rings. The van der Waals surface area contributed by atoms with Crippen molar-refractivity contribution < 1.29 is 18.8 Å². The Kier molecular flexibility index (Phi) is 5.53. The summed E-state index contributed by atoms with van der Waals surface area (Å²) >= 11 is 1.52. The number of benzene rings is 1. The fourth-order valence-electron chi connectivity index (χ4n) is 2.03. The molecule has 3 rings (SSSR count). The Hall–Kier alpha value is -3.00. The van der Waals surface area contributed by atoms with Gasteiger partial charge in [-0.15, -0.1) is 0 Å². The lowest BCUT2D eigenvalue weighted by molar-refractivity contribution is -0.145. The number of carbonyl (C=O) groups excluding carboxylic acids is 2. The van der Waals surface area contributed by atoms with Crippen LogP contribution in [-0.4, -0.2) is 28.6 Å². The fourth-order valence-corrected chi connectivity index (χ4v) is 2.66. The molecule has 0 saturated heterocycles. The number of thiophene rings is 1. The lowest BCUT2D eigenvalue weighted by Crippen LogP contribution is -2.31. The van der Waals surface area contributed by atoms with Crippen LogP contribution in [0.3, 0.4) is 0 Å². The van der Waals surface area contributed by atoms with E-state index < -0.39 is 5.97 Å². The number of amides is 1. The highest BCUT2D eigenvalue weighted by Crippen LogP contribution is 2.18. The first-order valence-corrected chi connectivity index (χ1v) is 8.46. The molecule has 0 atom stereocenters. The van der Waals surface area contributed by atoms with Gasteiger partial charge in [-0.3, -0.25) is 9.59 Å². The van der Waals surface area contributed by atoms with E-state index in [-0.39, 0.29) is 31.4 Å². The summed E-state index contributed by atoms with van der Waals surface area (Å²) in [5.41, 5.74) is 1.72. The standard InChI is InChI=1S/C17H15N3O4S/c21-14(8-12-4-2-1-3-5-12)18-9-16(22)23-10-15-19-17(20-24-15)13-6-7-25-11-13/h1-7,11H,8-10H2,(H,18,21). The summed E-state index contributed by atoms with van der Waals surface area (Å²) in [5.74, 6) is -0.175. The van der Waals surface area contributed by atoms with Crippen molar-refractivity contribution in [1.29, 1.82) is 0 Å². The van der Waals surface area contributed by atoms with Crippen LogP contribution in [0.4, 0.5) is 0 Å². The van der Waals surface area contributed by atoms with Crippen LogP contribution in [0.5, 0.6) is 0 Å². The van der Waals surface area contributed by atoms with Gasteiger partial charge in [-0.2, -0.15) is 16.3 Å². The SMILES string of the molecule is O=C(Cc1ccccc1)NCC(=O)OCc1nc(-c2ccsc2)no1. The molecule has 0 radical (unpaired) electrons. The molecule has 1 N–H and O–H groups in total. The maximum absolute atomic E-state index is 11.8. The van der Waals surface area contributed by atoms with Crippen molar-refractivity contribution in [2.75, 3.05) is 6.54 Å². The summed E-state index contributed by atoms with van der Waals surface area (Å²) in [7, 11) is 0. The van der Waals surface area contributed by atoms with Crippen molar-refractivity contribution in [3.05, 3.63) is 58.6 Å². The molecule has 0 spiro atoms. The first-order valence-electron chi connectivity index (χ1n) is 7.52. The van der Waals surface area contributed by atoms with Crippen LogP contribution in [0.15, 0.2) is 51.7 Å². The van der Waals surface area contributed by atoms with Gasteiger partial charge in [0.05, 0.1) is 6.42 Å². The minimum absolute atomic E-state index is 0.134. The first kappa shape index (κ1) is 16.8. The van der Waals surface area contributed by atoms with Gasteiger partial charge >= 0.3 is 5.97 Å². The van der Waals surface area contributed by atoms with Gasteiger partial charge in [0.2, 0.25) is 11.7 Å². The van der Waals surface area contributed by atoms with Crippen molar-refractivity contribution in [2.24, 2.45) is 0 Å². The zero-order chi connectivity index (χ0) is 17.5. The molecule has 0 aliphatic rings. The lowest BCUT2D eigenvalue weighted by Gasteiger charge is -2.05. The van der Waals surface area contributed by atoms with Crippen LogP contribution in [0, 0.1) is 0 Å². The van der Waals surface area contributed by atoms with Gasteiger partial charge in [0, 0.05) is 10.9 Å². The zero-order valence-corrected chi connectivity index (χ0v) is 14.0. The largest absolute Gasteiger partial charge is 0.454 e. The lowest BCUT2D eigenvalue weighted by atomic mass is 10.1. The van der Waals surface area contributed by atoms with Crippen LogP contribution in [-0.2, 0) is 27.4 Å². The quantitative estimate of drug-likeness (QED) is 0.652. The molecule has 0 fully saturated rings. The number of nitrogens with one attached hydrogen (secondary N) is 1. The molecule has 0 aliphatic carbocycles. The normalized spacial score (nSPS) is 10.4. The molecule has 0 aliphatic heterocycles. The highest BCUT2D eigenvalue weighted by molar-refractivity contribution is 7.08. The van der Waals surface area contributed by atoms with Crippen LogP contribution >= 0.6 is 11.3 Å². The molecule has 7 nitrogen and oxygen atoms in total. The van der Waals surface area contributed by atoms with E-state index in [9.17, 15) is 9.59 Å². The molecule has 2 heterocycles. The van der Waals surface area contributed by atoms with E-state index in [1.165, 1.54) is 11.3 Å². The van der Waals surface area contributed by atoms with Crippen molar-refractivity contribution in [3.63, 3.8) is 0 Å². The highest BCUT2D eigenvalue weighted by atomic mass is 32.1. The number of hydrogen-bond acceptors (Lipinski definition) is 7. The molecule has 1 aromatic carbocycles. The second kappa shape index (κ2) is 8.20. The Morgan fingerprint density at radius 2 is 2.04 bits per heavy atom. The predicted molar refractivity (Wildman–Crippen MR) is 90.6 cm³/mol. The molecule has 0 unspecified atom stereocenters. The second-order valence-corrected chi connectivity index (χ2v) is 5.90. The summed E-state index contributed by atoms with van der Waals surface area (Å²) in [4.78, 5) is 27.6. The number of aromatic nitrogens is 2. The van der Waals surface area contributed by atoms with Gasteiger partial charge < -0.3 is 14.6 Å². The maximum atomic E-state index is 11.8. The van der Waals surface area contributed by atoms with Crippen molar-refractivity contribution in [2.45, 2.75) is 13.0 Å². The summed E-state index contributed by atoms with van der Waals surface area (Å²) in [6.45, 7) is -0.346. The van der Waals surface area contributed by atoms with Crippen LogP contribution in [0.1, 0.15) is 11.5 Å². The molecule has 2 aromatic heterocycles. The van der Waals surface area contributed by atoms with Crippen LogP contribution in [0.2, 0.25) is 0 Å². The predicted octanol–water partition coefficient (Wildman–Crippen LogP) is 2.20. The average molecular weight is 357 g/mol.